The third kappa shape index (κ3) is 3.16. The maximum Gasteiger partial charge on any atom is 0.0927 e. The highest BCUT2D eigenvalue weighted by Gasteiger charge is 1.94. The predicted molar refractivity (Wildman–Crippen MR) is 56.9 cm³/mol. The Morgan fingerprint density at radius 3 is 2.64 bits per heavy atom. The summed E-state index contributed by atoms with van der Waals surface area (Å²) in [5.41, 5.74) is 1.19. The molecule has 0 bridgehead atoms. The zero-order chi connectivity index (χ0) is 10.2. The first-order chi connectivity index (χ1) is 6.86. The monoisotopic (exact) mass is 184 g/mol. The van der Waals surface area contributed by atoms with Crippen LogP contribution in [0.4, 0.5) is 0 Å². The number of allylic oxidation sites excluding steroid dienone is 1. The average molecular weight is 184 g/mol. The second kappa shape index (κ2) is 5.60. The predicted octanol–water partition coefficient (Wildman–Crippen LogP) is 2.67. The zero-order valence-electron chi connectivity index (χ0n) is 7.93. The van der Waals surface area contributed by atoms with Crippen molar-refractivity contribution in [2.45, 2.75) is 6.54 Å². The first-order valence-electron chi connectivity index (χ1n) is 4.35. The summed E-state index contributed by atoms with van der Waals surface area (Å²) < 4.78 is 0. The van der Waals surface area contributed by atoms with Gasteiger partial charge in [-0.25, -0.2) is 0 Å². The quantitative estimate of drug-likeness (QED) is 0.673. The summed E-state index contributed by atoms with van der Waals surface area (Å²) in [6.45, 7) is 4.41. The highest BCUT2D eigenvalue weighted by molar-refractivity contribution is 5.16. The van der Waals surface area contributed by atoms with Crippen molar-refractivity contribution in [2.24, 2.45) is 0 Å². The van der Waals surface area contributed by atoms with Crippen LogP contribution >= 0.6 is 0 Å². The van der Waals surface area contributed by atoms with E-state index in [2.05, 4.69) is 6.58 Å². The minimum atomic E-state index is 0.739. The number of nitrogens with zero attached hydrogens (tertiary/aromatic N) is 2. The van der Waals surface area contributed by atoms with Gasteiger partial charge in [0.05, 0.1) is 6.07 Å². The van der Waals surface area contributed by atoms with Crippen molar-refractivity contribution in [1.29, 1.82) is 5.26 Å². The number of benzene rings is 1. The Kier molecular flexibility index (Phi) is 4.03. The van der Waals surface area contributed by atoms with Crippen LogP contribution < -0.4 is 0 Å². The molecule has 14 heavy (non-hydrogen) atoms. The van der Waals surface area contributed by atoms with E-state index in [1.807, 2.05) is 41.3 Å². The van der Waals surface area contributed by atoms with E-state index in [0.717, 1.165) is 6.54 Å². The first-order valence-corrected chi connectivity index (χ1v) is 4.35. The average Bonchev–Trinajstić information content (AvgIpc) is 2.25. The largest absolute Gasteiger partial charge is 0.350 e. The molecule has 0 amide bonds. The van der Waals surface area contributed by atoms with Crippen LogP contribution in [0.1, 0.15) is 5.56 Å². The van der Waals surface area contributed by atoms with Gasteiger partial charge in [0.2, 0.25) is 0 Å². The molecule has 2 nitrogen and oxygen atoms in total. The Morgan fingerprint density at radius 2 is 2.07 bits per heavy atom. The Labute approximate surface area is 84.4 Å². The number of hydrogen-bond acceptors (Lipinski definition) is 2. The fourth-order valence-corrected chi connectivity index (χ4v) is 1.10. The van der Waals surface area contributed by atoms with Gasteiger partial charge in [-0.15, -0.1) is 0 Å². The molecule has 0 unspecified atom stereocenters. The molecule has 0 radical (unpaired) electrons. The van der Waals surface area contributed by atoms with E-state index >= 15 is 0 Å². The van der Waals surface area contributed by atoms with E-state index in [0.29, 0.717) is 0 Å². The molecule has 0 aliphatic heterocycles. The van der Waals surface area contributed by atoms with Gasteiger partial charge in [0.1, 0.15) is 0 Å². The van der Waals surface area contributed by atoms with Crippen molar-refractivity contribution in [3.8, 4) is 6.07 Å². The third-order valence-electron chi connectivity index (χ3n) is 1.78. The summed E-state index contributed by atoms with van der Waals surface area (Å²) in [5.74, 6) is 0. The molecule has 0 heterocycles. The van der Waals surface area contributed by atoms with Crippen molar-refractivity contribution in [2.75, 3.05) is 0 Å². The Bertz CT molecular complexity index is 346. The Hall–Kier alpha value is -2.01. The van der Waals surface area contributed by atoms with Gasteiger partial charge in [-0.05, 0) is 11.8 Å². The number of hydrogen-bond donors (Lipinski definition) is 0. The molecule has 0 atom stereocenters. The molecule has 0 fully saturated rings. The maximum absolute atomic E-state index is 8.38. The van der Waals surface area contributed by atoms with Crippen LogP contribution in [0, 0.1) is 11.3 Å². The van der Waals surface area contributed by atoms with E-state index in [1.54, 1.807) is 12.4 Å². The molecule has 0 N–H and O–H groups in total. The fraction of sp³-hybridized carbons (Fsp3) is 0.0833. The highest BCUT2D eigenvalue weighted by Crippen LogP contribution is 2.04. The summed E-state index contributed by atoms with van der Waals surface area (Å²) in [7, 11) is 0. The van der Waals surface area contributed by atoms with Crippen LogP contribution in [-0.4, -0.2) is 4.90 Å². The molecular formula is C12H12N2. The normalized spacial score (nSPS) is 9.64. The molecule has 1 rings (SSSR count). The summed E-state index contributed by atoms with van der Waals surface area (Å²) >= 11 is 0. The standard InChI is InChI=1S/C12H12N2/c1-2-14(10-6-9-13)11-12-7-4-3-5-8-12/h2-8,10H,1,11H2. The van der Waals surface area contributed by atoms with Gasteiger partial charge in [0, 0.05) is 18.8 Å². The lowest BCUT2D eigenvalue weighted by atomic mass is 10.2. The summed E-state index contributed by atoms with van der Waals surface area (Å²) in [6, 6.07) is 12.0. The Balaban J connectivity index is 2.63. The molecule has 1 aromatic carbocycles. The van der Waals surface area contributed by atoms with E-state index < -0.39 is 0 Å². The molecule has 0 aliphatic rings. The summed E-state index contributed by atoms with van der Waals surface area (Å²) in [4.78, 5) is 1.86. The molecule has 0 saturated carbocycles. The van der Waals surface area contributed by atoms with Gasteiger partial charge in [0.15, 0.2) is 0 Å². The van der Waals surface area contributed by atoms with Gasteiger partial charge >= 0.3 is 0 Å². The molecule has 0 saturated heterocycles. The minimum absolute atomic E-state index is 0.739. The Morgan fingerprint density at radius 1 is 1.36 bits per heavy atom. The second-order valence-corrected chi connectivity index (χ2v) is 2.79. The van der Waals surface area contributed by atoms with Gasteiger partial charge in [-0.1, -0.05) is 36.9 Å². The lowest BCUT2D eigenvalue weighted by molar-refractivity contribution is 0.503. The van der Waals surface area contributed by atoms with Crippen molar-refractivity contribution >= 4 is 0 Å². The topological polar surface area (TPSA) is 27.0 Å². The van der Waals surface area contributed by atoms with Crippen molar-refractivity contribution in [3.63, 3.8) is 0 Å². The van der Waals surface area contributed by atoms with Gasteiger partial charge in [-0.3, -0.25) is 0 Å². The van der Waals surface area contributed by atoms with E-state index in [4.69, 9.17) is 5.26 Å². The second-order valence-electron chi connectivity index (χ2n) is 2.79. The van der Waals surface area contributed by atoms with Crippen molar-refractivity contribution < 1.29 is 0 Å². The highest BCUT2D eigenvalue weighted by atomic mass is 15.1. The van der Waals surface area contributed by atoms with Crippen LogP contribution in [0.5, 0.6) is 0 Å². The van der Waals surface area contributed by atoms with Crippen LogP contribution in [0.2, 0.25) is 0 Å². The van der Waals surface area contributed by atoms with Gasteiger partial charge < -0.3 is 4.90 Å². The van der Waals surface area contributed by atoms with Crippen molar-refractivity contribution in [3.05, 3.63) is 61.0 Å². The number of rotatable bonds is 4. The summed E-state index contributed by atoms with van der Waals surface area (Å²) in [6.07, 6.45) is 4.84. The molecule has 0 spiro atoms. The van der Waals surface area contributed by atoms with Crippen LogP contribution in [0.25, 0.3) is 0 Å². The van der Waals surface area contributed by atoms with Crippen LogP contribution in [0.3, 0.4) is 0 Å². The van der Waals surface area contributed by atoms with Gasteiger partial charge in [-0.2, -0.15) is 5.26 Å². The third-order valence-corrected chi connectivity index (χ3v) is 1.78. The van der Waals surface area contributed by atoms with Crippen molar-refractivity contribution in [1.82, 2.24) is 4.90 Å². The number of nitriles is 1. The van der Waals surface area contributed by atoms with Crippen LogP contribution in [-0.2, 0) is 6.54 Å². The molecule has 70 valence electrons. The zero-order valence-corrected chi connectivity index (χ0v) is 7.93. The molecule has 1 aromatic rings. The molecule has 0 aromatic heterocycles. The first kappa shape index (κ1) is 10.1. The van der Waals surface area contributed by atoms with E-state index in [9.17, 15) is 0 Å². The van der Waals surface area contributed by atoms with Crippen LogP contribution in [0.15, 0.2) is 55.4 Å². The molecule has 0 aliphatic carbocycles. The summed E-state index contributed by atoms with van der Waals surface area (Å²) in [5, 5.41) is 8.38. The SMILES string of the molecule is C=CN(C=CC#N)Cc1ccccc1. The smallest absolute Gasteiger partial charge is 0.0927 e. The lowest BCUT2D eigenvalue weighted by Gasteiger charge is -2.13. The maximum atomic E-state index is 8.38. The van der Waals surface area contributed by atoms with E-state index in [-0.39, 0.29) is 0 Å². The van der Waals surface area contributed by atoms with E-state index in [1.165, 1.54) is 11.6 Å². The fourth-order valence-electron chi connectivity index (χ4n) is 1.10. The van der Waals surface area contributed by atoms with Gasteiger partial charge in [0.25, 0.3) is 0 Å². The lowest BCUT2D eigenvalue weighted by Crippen LogP contribution is -2.07. The molecular weight excluding hydrogens is 172 g/mol. The minimum Gasteiger partial charge on any atom is -0.350 e. The molecule has 2 heteroatoms.